The highest BCUT2D eigenvalue weighted by atomic mass is 127. The van der Waals surface area contributed by atoms with Gasteiger partial charge in [-0.15, -0.1) is 0 Å². The molecule has 3 aromatic rings. The maximum atomic E-state index is 4.39. The van der Waals surface area contributed by atoms with E-state index in [1.165, 1.54) is 20.1 Å². The fourth-order valence-corrected chi connectivity index (χ4v) is 3.16. The van der Waals surface area contributed by atoms with Gasteiger partial charge >= 0.3 is 0 Å². The average molecular weight is 334 g/mol. The van der Waals surface area contributed by atoms with Crippen LogP contribution in [0.2, 0.25) is 0 Å². The van der Waals surface area contributed by atoms with Crippen LogP contribution in [-0.4, -0.2) is 9.97 Å². The molecule has 2 heterocycles. The van der Waals surface area contributed by atoms with Gasteiger partial charge in [0.15, 0.2) is 0 Å². The number of aromatic amines is 1. The number of halogens is 1. The lowest BCUT2D eigenvalue weighted by Crippen LogP contribution is -1.79. The van der Waals surface area contributed by atoms with E-state index in [2.05, 4.69) is 63.7 Å². The zero-order valence-electron chi connectivity index (χ0n) is 9.37. The lowest BCUT2D eigenvalue weighted by atomic mass is 10.1. The van der Waals surface area contributed by atoms with E-state index in [9.17, 15) is 0 Å². The van der Waals surface area contributed by atoms with Gasteiger partial charge in [0.25, 0.3) is 0 Å². The SMILES string of the molecule is Cc1ccnc2[nH]c(-c3ccccc3)c(I)c12. The fourth-order valence-electron chi connectivity index (χ4n) is 2.03. The Kier molecular flexibility index (Phi) is 2.63. The van der Waals surface area contributed by atoms with Crippen molar-refractivity contribution in [3.63, 3.8) is 0 Å². The molecule has 0 aliphatic heterocycles. The molecule has 84 valence electrons. The van der Waals surface area contributed by atoms with E-state index in [-0.39, 0.29) is 0 Å². The highest BCUT2D eigenvalue weighted by Crippen LogP contribution is 2.31. The van der Waals surface area contributed by atoms with Crippen LogP contribution in [0.3, 0.4) is 0 Å². The molecule has 1 N–H and O–H groups in total. The normalized spacial score (nSPS) is 10.9. The molecule has 0 bridgehead atoms. The Bertz CT molecular complexity index is 671. The molecule has 0 saturated carbocycles. The molecule has 1 aromatic carbocycles. The van der Waals surface area contributed by atoms with Gasteiger partial charge in [-0.2, -0.15) is 0 Å². The van der Waals surface area contributed by atoms with Gasteiger partial charge < -0.3 is 4.98 Å². The summed E-state index contributed by atoms with van der Waals surface area (Å²) in [5.41, 5.74) is 4.59. The zero-order chi connectivity index (χ0) is 11.8. The molecule has 3 rings (SSSR count). The first-order chi connectivity index (χ1) is 8.27. The quantitative estimate of drug-likeness (QED) is 0.666. The van der Waals surface area contributed by atoms with E-state index in [1.54, 1.807) is 0 Å². The van der Waals surface area contributed by atoms with Crippen molar-refractivity contribution in [2.24, 2.45) is 0 Å². The monoisotopic (exact) mass is 334 g/mol. The first-order valence-electron chi connectivity index (χ1n) is 5.45. The number of hydrogen-bond acceptors (Lipinski definition) is 1. The minimum Gasteiger partial charge on any atom is -0.338 e. The van der Waals surface area contributed by atoms with E-state index in [0.29, 0.717) is 0 Å². The van der Waals surface area contributed by atoms with E-state index >= 15 is 0 Å². The Hall–Kier alpha value is -1.36. The largest absolute Gasteiger partial charge is 0.338 e. The van der Waals surface area contributed by atoms with Gasteiger partial charge in [0.05, 0.1) is 5.69 Å². The van der Waals surface area contributed by atoms with Gasteiger partial charge in [0.1, 0.15) is 5.65 Å². The molecule has 0 saturated heterocycles. The Morgan fingerprint density at radius 1 is 1.12 bits per heavy atom. The summed E-state index contributed by atoms with van der Waals surface area (Å²) in [6, 6.07) is 12.4. The highest BCUT2D eigenvalue weighted by molar-refractivity contribution is 14.1. The minimum absolute atomic E-state index is 0.966. The number of nitrogens with one attached hydrogen (secondary N) is 1. The van der Waals surface area contributed by atoms with Gasteiger partial charge in [-0.3, -0.25) is 0 Å². The van der Waals surface area contributed by atoms with E-state index in [1.807, 2.05) is 18.3 Å². The molecule has 0 atom stereocenters. The topological polar surface area (TPSA) is 28.7 Å². The standard InChI is InChI=1S/C14H11IN2/c1-9-7-8-16-14-11(9)12(15)13(17-14)10-5-3-2-4-6-10/h2-8H,1H3,(H,16,17). The smallest absolute Gasteiger partial charge is 0.139 e. The number of aryl methyl sites for hydroxylation is 1. The van der Waals surface area contributed by atoms with Crippen molar-refractivity contribution in [1.29, 1.82) is 0 Å². The molecule has 3 heteroatoms. The van der Waals surface area contributed by atoms with Crippen molar-refractivity contribution in [1.82, 2.24) is 9.97 Å². The molecule has 0 unspecified atom stereocenters. The van der Waals surface area contributed by atoms with Crippen LogP contribution < -0.4 is 0 Å². The molecule has 0 radical (unpaired) electrons. The molecule has 0 spiro atoms. The number of fused-ring (bicyclic) bond motifs is 1. The lowest BCUT2D eigenvalue weighted by molar-refractivity contribution is 1.31. The number of nitrogens with zero attached hydrogens (tertiary/aromatic N) is 1. The second-order valence-electron chi connectivity index (χ2n) is 4.03. The Morgan fingerprint density at radius 3 is 2.59 bits per heavy atom. The van der Waals surface area contributed by atoms with Gasteiger partial charge in [0.2, 0.25) is 0 Å². The third-order valence-corrected chi connectivity index (χ3v) is 3.98. The lowest BCUT2D eigenvalue weighted by Gasteiger charge is -1.98. The Balaban J connectivity index is 2.33. The van der Waals surface area contributed by atoms with Crippen molar-refractivity contribution >= 4 is 33.6 Å². The fraction of sp³-hybridized carbons (Fsp3) is 0.0714. The number of pyridine rings is 1. The molecule has 0 aliphatic rings. The number of aromatic nitrogens is 2. The van der Waals surface area contributed by atoms with Crippen LogP contribution in [0.5, 0.6) is 0 Å². The molecule has 0 amide bonds. The Morgan fingerprint density at radius 2 is 1.88 bits per heavy atom. The van der Waals surface area contributed by atoms with Crippen LogP contribution >= 0.6 is 22.6 Å². The summed E-state index contributed by atoms with van der Waals surface area (Å²) in [5, 5.41) is 1.23. The average Bonchev–Trinajstić information content (AvgIpc) is 2.69. The number of rotatable bonds is 1. The maximum absolute atomic E-state index is 4.39. The van der Waals surface area contributed by atoms with Crippen molar-refractivity contribution < 1.29 is 0 Å². The molecule has 2 aromatic heterocycles. The van der Waals surface area contributed by atoms with Crippen molar-refractivity contribution in [3.05, 3.63) is 51.7 Å². The number of hydrogen-bond donors (Lipinski definition) is 1. The summed E-state index contributed by atoms with van der Waals surface area (Å²) < 4.78 is 1.24. The van der Waals surface area contributed by atoms with E-state index < -0.39 is 0 Å². The van der Waals surface area contributed by atoms with Gasteiger partial charge in [-0.25, -0.2) is 4.98 Å². The predicted molar refractivity (Wildman–Crippen MR) is 79.0 cm³/mol. The summed E-state index contributed by atoms with van der Waals surface area (Å²) in [6.45, 7) is 2.12. The van der Waals surface area contributed by atoms with Gasteiger partial charge in [-0.05, 0) is 46.7 Å². The summed E-state index contributed by atoms with van der Waals surface area (Å²) in [7, 11) is 0. The van der Waals surface area contributed by atoms with Crippen LogP contribution in [-0.2, 0) is 0 Å². The summed E-state index contributed by atoms with van der Waals surface area (Å²) >= 11 is 2.39. The van der Waals surface area contributed by atoms with Crippen LogP contribution in [0.25, 0.3) is 22.3 Å². The highest BCUT2D eigenvalue weighted by Gasteiger charge is 2.12. The van der Waals surface area contributed by atoms with Crippen LogP contribution in [0.1, 0.15) is 5.56 Å². The van der Waals surface area contributed by atoms with E-state index in [0.717, 1.165) is 11.3 Å². The third kappa shape index (κ3) is 1.74. The van der Waals surface area contributed by atoms with Gasteiger partial charge in [0, 0.05) is 15.2 Å². The van der Waals surface area contributed by atoms with Crippen LogP contribution in [0, 0.1) is 10.5 Å². The van der Waals surface area contributed by atoms with Crippen LogP contribution in [0.4, 0.5) is 0 Å². The predicted octanol–water partition coefficient (Wildman–Crippen LogP) is 4.14. The molecule has 17 heavy (non-hydrogen) atoms. The Labute approximate surface area is 113 Å². The van der Waals surface area contributed by atoms with Gasteiger partial charge in [-0.1, -0.05) is 30.3 Å². The minimum atomic E-state index is 0.966. The third-order valence-electron chi connectivity index (χ3n) is 2.90. The van der Waals surface area contributed by atoms with E-state index in [4.69, 9.17) is 0 Å². The molecule has 0 fully saturated rings. The number of benzene rings is 1. The molecule has 2 nitrogen and oxygen atoms in total. The molecular weight excluding hydrogens is 323 g/mol. The second-order valence-corrected chi connectivity index (χ2v) is 5.11. The first-order valence-corrected chi connectivity index (χ1v) is 6.53. The summed E-state index contributed by atoms with van der Waals surface area (Å²) in [6.07, 6.45) is 1.85. The second kappa shape index (κ2) is 4.14. The summed E-state index contributed by atoms with van der Waals surface area (Å²) in [4.78, 5) is 7.79. The first kappa shape index (κ1) is 10.8. The molecule has 0 aliphatic carbocycles. The molecular formula is C14H11IN2. The maximum Gasteiger partial charge on any atom is 0.139 e. The van der Waals surface area contributed by atoms with Crippen molar-refractivity contribution in [2.75, 3.05) is 0 Å². The van der Waals surface area contributed by atoms with Crippen LogP contribution in [0.15, 0.2) is 42.6 Å². The van der Waals surface area contributed by atoms with Crippen molar-refractivity contribution in [2.45, 2.75) is 6.92 Å². The van der Waals surface area contributed by atoms with Crippen molar-refractivity contribution in [3.8, 4) is 11.3 Å². The summed E-state index contributed by atoms with van der Waals surface area (Å²) in [5.74, 6) is 0. The zero-order valence-corrected chi connectivity index (χ0v) is 11.5. The number of H-pyrrole nitrogens is 1.